The maximum atomic E-state index is 13.9. The Morgan fingerprint density at radius 1 is 1.10 bits per heavy atom. The molecule has 0 aliphatic rings. The number of halogens is 1. The maximum Gasteiger partial charge on any atom is 0.195 e. The molecule has 1 aromatic heterocycles. The van der Waals surface area contributed by atoms with E-state index in [0.29, 0.717) is 27.1 Å². The molecule has 1 heterocycles. The topological polar surface area (TPSA) is 30.0 Å². The molecule has 0 unspecified atom stereocenters. The molecular weight excluding hydrogens is 285 g/mol. The first-order chi connectivity index (χ1) is 10.2. The van der Waals surface area contributed by atoms with Crippen LogP contribution in [0.15, 0.2) is 59.6 Å². The Balaban J connectivity index is 2.21. The van der Waals surface area contributed by atoms with E-state index in [1.807, 2.05) is 12.3 Å². The maximum absolute atomic E-state index is 13.9. The molecule has 0 aliphatic carbocycles. The van der Waals surface area contributed by atoms with Crippen molar-refractivity contribution in [1.29, 1.82) is 0 Å². The number of pyridine rings is 1. The van der Waals surface area contributed by atoms with Crippen molar-refractivity contribution in [2.45, 2.75) is 5.03 Å². The second-order valence-electron chi connectivity index (χ2n) is 4.55. The van der Waals surface area contributed by atoms with E-state index < -0.39 is 0 Å². The molecule has 0 amide bonds. The van der Waals surface area contributed by atoms with E-state index in [4.69, 9.17) is 0 Å². The molecule has 3 aromatic rings. The van der Waals surface area contributed by atoms with Crippen LogP contribution in [0.1, 0.15) is 15.9 Å². The highest BCUT2D eigenvalue weighted by Crippen LogP contribution is 2.26. The number of carbonyl (C=O) groups excluding carboxylic acids is 1. The van der Waals surface area contributed by atoms with Gasteiger partial charge in [-0.1, -0.05) is 36.4 Å². The van der Waals surface area contributed by atoms with Gasteiger partial charge in [0, 0.05) is 10.9 Å². The van der Waals surface area contributed by atoms with Crippen LogP contribution in [-0.4, -0.2) is 17.0 Å². The first kappa shape index (κ1) is 13.8. The Morgan fingerprint density at radius 3 is 2.57 bits per heavy atom. The van der Waals surface area contributed by atoms with Crippen molar-refractivity contribution in [3.8, 4) is 0 Å². The Bertz CT molecular complexity index is 818. The molecule has 0 radical (unpaired) electrons. The molecule has 0 fully saturated rings. The zero-order valence-electron chi connectivity index (χ0n) is 11.3. The molecule has 0 N–H and O–H groups in total. The standard InChI is InChI=1S/C17H12FNOS/c1-21-17-13(16(20)11-6-3-2-4-7-11)10-12-14(18)8-5-9-15(12)19-17/h2-10H,1H3. The summed E-state index contributed by atoms with van der Waals surface area (Å²) in [6.07, 6.45) is 1.86. The number of hydrogen-bond acceptors (Lipinski definition) is 3. The van der Waals surface area contributed by atoms with Gasteiger partial charge >= 0.3 is 0 Å². The zero-order valence-corrected chi connectivity index (χ0v) is 12.2. The van der Waals surface area contributed by atoms with Gasteiger partial charge in [-0.25, -0.2) is 9.37 Å². The molecular formula is C17H12FNOS. The second kappa shape index (κ2) is 5.66. The number of aromatic nitrogens is 1. The van der Waals surface area contributed by atoms with E-state index in [2.05, 4.69) is 4.98 Å². The number of rotatable bonds is 3. The summed E-state index contributed by atoms with van der Waals surface area (Å²) in [5.74, 6) is -0.507. The quantitative estimate of drug-likeness (QED) is 0.532. The third kappa shape index (κ3) is 2.54. The van der Waals surface area contributed by atoms with Gasteiger partial charge in [0.2, 0.25) is 0 Å². The highest BCUT2D eigenvalue weighted by molar-refractivity contribution is 7.98. The van der Waals surface area contributed by atoms with Gasteiger partial charge in [-0.15, -0.1) is 11.8 Å². The predicted molar refractivity (Wildman–Crippen MR) is 83.4 cm³/mol. The fourth-order valence-electron chi connectivity index (χ4n) is 2.21. The summed E-state index contributed by atoms with van der Waals surface area (Å²) < 4.78 is 13.9. The number of benzene rings is 2. The number of fused-ring (bicyclic) bond motifs is 1. The van der Waals surface area contributed by atoms with E-state index in [1.165, 1.54) is 17.8 Å². The molecule has 2 nitrogen and oxygen atoms in total. The molecule has 0 bridgehead atoms. The number of nitrogens with zero attached hydrogens (tertiary/aromatic N) is 1. The number of thioether (sulfide) groups is 1. The summed E-state index contributed by atoms with van der Waals surface area (Å²) in [5, 5.41) is 0.983. The van der Waals surface area contributed by atoms with Gasteiger partial charge in [-0.2, -0.15) is 0 Å². The van der Waals surface area contributed by atoms with Crippen molar-refractivity contribution < 1.29 is 9.18 Å². The van der Waals surface area contributed by atoms with E-state index in [-0.39, 0.29) is 11.6 Å². The summed E-state index contributed by atoms with van der Waals surface area (Å²) in [6, 6.07) is 15.3. The van der Waals surface area contributed by atoms with Crippen LogP contribution < -0.4 is 0 Å². The SMILES string of the molecule is CSc1nc2cccc(F)c2cc1C(=O)c1ccccc1. The lowest BCUT2D eigenvalue weighted by molar-refractivity contribution is 0.103. The summed E-state index contributed by atoms with van der Waals surface area (Å²) in [5.41, 5.74) is 1.57. The third-order valence-corrected chi connectivity index (χ3v) is 3.94. The van der Waals surface area contributed by atoms with Crippen LogP contribution in [0.2, 0.25) is 0 Å². The molecule has 4 heteroatoms. The van der Waals surface area contributed by atoms with Crippen molar-refractivity contribution >= 4 is 28.4 Å². The van der Waals surface area contributed by atoms with Crippen LogP contribution >= 0.6 is 11.8 Å². The predicted octanol–water partition coefficient (Wildman–Crippen LogP) is 4.33. The Labute approximate surface area is 126 Å². The average molecular weight is 297 g/mol. The van der Waals surface area contributed by atoms with E-state index in [9.17, 15) is 9.18 Å². The lowest BCUT2D eigenvalue weighted by Gasteiger charge is -2.08. The largest absolute Gasteiger partial charge is 0.289 e. The van der Waals surface area contributed by atoms with Gasteiger partial charge in [-0.05, 0) is 24.5 Å². The summed E-state index contributed by atoms with van der Waals surface area (Å²) >= 11 is 1.38. The first-order valence-electron chi connectivity index (χ1n) is 6.43. The highest BCUT2D eigenvalue weighted by atomic mass is 32.2. The average Bonchev–Trinajstić information content (AvgIpc) is 2.54. The summed E-state index contributed by atoms with van der Waals surface area (Å²) in [4.78, 5) is 17.0. The normalized spacial score (nSPS) is 10.8. The minimum atomic E-state index is -0.366. The molecule has 0 saturated carbocycles. The number of hydrogen-bond donors (Lipinski definition) is 0. The summed E-state index contributed by atoms with van der Waals surface area (Å²) in [7, 11) is 0. The van der Waals surface area contributed by atoms with Gasteiger partial charge in [0.05, 0.1) is 11.1 Å². The van der Waals surface area contributed by atoms with Crippen LogP contribution in [0.25, 0.3) is 10.9 Å². The van der Waals surface area contributed by atoms with Crippen LogP contribution in [0.5, 0.6) is 0 Å². The molecule has 3 rings (SSSR count). The molecule has 0 spiro atoms. The second-order valence-corrected chi connectivity index (χ2v) is 5.34. The van der Waals surface area contributed by atoms with E-state index >= 15 is 0 Å². The van der Waals surface area contributed by atoms with Crippen molar-refractivity contribution in [3.05, 3.63) is 71.5 Å². The van der Waals surface area contributed by atoms with Gasteiger partial charge < -0.3 is 0 Å². The first-order valence-corrected chi connectivity index (χ1v) is 7.66. The van der Waals surface area contributed by atoms with Crippen LogP contribution in [0.4, 0.5) is 4.39 Å². The lowest BCUT2D eigenvalue weighted by atomic mass is 10.0. The van der Waals surface area contributed by atoms with Crippen molar-refractivity contribution in [2.75, 3.05) is 6.26 Å². The van der Waals surface area contributed by atoms with Crippen LogP contribution in [0, 0.1) is 5.82 Å². The van der Waals surface area contributed by atoms with Gasteiger partial charge in [0.25, 0.3) is 0 Å². The Morgan fingerprint density at radius 2 is 1.86 bits per heavy atom. The molecule has 0 saturated heterocycles. The Kier molecular flexibility index (Phi) is 3.71. The molecule has 2 aromatic carbocycles. The van der Waals surface area contributed by atoms with E-state index in [0.717, 1.165) is 0 Å². The van der Waals surface area contributed by atoms with Crippen LogP contribution in [0.3, 0.4) is 0 Å². The smallest absolute Gasteiger partial charge is 0.195 e. The van der Waals surface area contributed by atoms with Gasteiger partial charge in [0.15, 0.2) is 5.78 Å². The molecule has 0 atom stereocenters. The Hall–Kier alpha value is -2.20. The minimum absolute atomic E-state index is 0.141. The van der Waals surface area contributed by atoms with Crippen LogP contribution in [-0.2, 0) is 0 Å². The third-order valence-electron chi connectivity index (χ3n) is 3.24. The molecule has 0 aliphatic heterocycles. The zero-order chi connectivity index (χ0) is 14.8. The molecule has 21 heavy (non-hydrogen) atoms. The lowest BCUT2D eigenvalue weighted by Crippen LogP contribution is -2.05. The summed E-state index contributed by atoms with van der Waals surface area (Å²) in [6.45, 7) is 0. The number of ketones is 1. The fourth-order valence-corrected chi connectivity index (χ4v) is 2.77. The van der Waals surface area contributed by atoms with Crippen molar-refractivity contribution in [3.63, 3.8) is 0 Å². The van der Waals surface area contributed by atoms with E-state index in [1.54, 1.807) is 42.5 Å². The molecule has 104 valence electrons. The van der Waals surface area contributed by atoms with Crippen molar-refractivity contribution in [1.82, 2.24) is 4.98 Å². The van der Waals surface area contributed by atoms with Gasteiger partial charge in [0.1, 0.15) is 10.8 Å². The van der Waals surface area contributed by atoms with Gasteiger partial charge in [-0.3, -0.25) is 4.79 Å². The monoisotopic (exact) mass is 297 g/mol. The highest BCUT2D eigenvalue weighted by Gasteiger charge is 2.16. The number of carbonyl (C=O) groups is 1. The fraction of sp³-hybridized carbons (Fsp3) is 0.0588. The minimum Gasteiger partial charge on any atom is -0.289 e. The van der Waals surface area contributed by atoms with Crippen molar-refractivity contribution in [2.24, 2.45) is 0 Å².